The normalized spacial score (nSPS) is 22.5. The zero-order chi connectivity index (χ0) is 18.0. The summed E-state index contributed by atoms with van der Waals surface area (Å²) in [5.41, 5.74) is 0.445. The molecular formula is C17H28N4O3S. The van der Waals surface area contributed by atoms with Crippen LogP contribution in [0.5, 0.6) is 0 Å². The smallest absolute Gasteiger partial charge is 0.270 e. The molecule has 1 N–H and O–H groups in total. The molecule has 0 spiro atoms. The Bertz CT molecular complexity index is 722. The quantitative estimate of drug-likeness (QED) is 0.837. The van der Waals surface area contributed by atoms with E-state index < -0.39 is 10.0 Å². The van der Waals surface area contributed by atoms with Gasteiger partial charge in [0.05, 0.1) is 0 Å². The van der Waals surface area contributed by atoms with Crippen molar-refractivity contribution in [1.82, 2.24) is 19.1 Å². The van der Waals surface area contributed by atoms with E-state index in [1.165, 1.54) is 6.07 Å². The van der Waals surface area contributed by atoms with Gasteiger partial charge in [-0.05, 0) is 44.8 Å². The van der Waals surface area contributed by atoms with Gasteiger partial charge in [-0.15, -0.1) is 0 Å². The molecule has 7 nitrogen and oxygen atoms in total. The Labute approximate surface area is 150 Å². The molecule has 2 saturated heterocycles. The fourth-order valence-corrected chi connectivity index (χ4v) is 5.37. The zero-order valence-electron chi connectivity index (χ0n) is 15.1. The van der Waals surface area contributed by atoms with Gasteiger partial charge in [-0.1, -0.05) is 6.42 Å². The van der Waals surface area contributed by atoms with Gasteiger partial charge >= 0.3 is 0 Å². The highest BCUT2D eigenvalue weighted by Crippen LogP contribution is 2.24. The summed E-state index contributed by atoms with van der Waals surface area (Å²) in [6.45, 7) is 3.48. The van der Waals surface area contributed by atoms with Crippen molar-refractivity contribution in [3.63, 3.8) is 0 Å². The molecule has 25 heavy (non-hydrogen) atoms. The molecule has 1 atom stereocenters. The minimum atomic E-state index is -3.51. The molecule has 3 heterocycles. The standard InChI is InChI=1S/C17H28N4O3S/c1-18-11-14-6-9-20(12-14)17(22)16-10-15(13-19(16)2)25(23,24)21-7-4-3-5-8-21/h10,13-14,18H,3-9,11-12H2,1-2H3. The van der Waals surface area contributed by atoms with Crippen molar-refractivity contribution in [3.8, 4) is 0 Å². The Kier molecular flexibility index (Phi) is 5.50. The van der Waals surface area contributed by atoms with Crippen LogP contribution in [0.2, 0.25) is 0 Å². The number of aromatic nitrogens is 1. The summed E-state index contributed by atoms with van der Waals surface area (Å²) in [5, 5.41) is 3.15. The summed E-state index contributed by atoms with van der Waals surface area (Å²) in [7, 11) is 0.147. The molecule has 0 radical (unpaired) electrons. The first-order valence-electron chi connectivity index (χ1n) is 9.04. The molecular weight excluding hydrogens is 340 g/mol. The number of aryl methyl sites for hydroxylation is 1. The van der Waals surface area contributed by atoms with Gasteiger partial charge in [-0.2, -0.15) is 4.31 Å². The molecule has 1 unspecified atom stereocenters. The van der Waals surface area contributed by atoms with Crippen LogP contribution in [0.3, 0.4) is 0 Å². The molecule has 140 valence electrons. The maximum Gasteiger partial charge on any atom is 0.270 e. The van der Waals surface area contributed by atoms with Crippen LogP contribution in [0, 0.1) is 5.92 Å². The highest BCUT2D eigenvalue weighted by atomic mass is 32.2. The Hall–Kier alpha value is -1.38. The van der Waals surface area contributed by atoms with Crippen LogP contribution in [-0.4, -0.2) is 67.9 Å². The van der Waals surface area contributed by atoms with Gasteiger partial charge in [0, 0.05) is 39.4 Å². The first-order chi connectivity index (χ1) is 11.9. The van der Waals surface area contributed by atoms with Gasteiger partial charge in [-0.25, -0.2) is 8.42 Å². The van der Waals surface area contributed by atoms with Crippen LogP contribution in [0.25, 0.3) is 0 Å². The number of likely N-dealkylation sites (tertiary alicyclic amines) is 1. The number of hydrogen-bond donors (Lipinski definition) is 1. The lowest BCUT2D eigenvalue weighted by molar-refractivity contribution is 0.0778. The molecule has 0 saturated carbocycles. The van der Waals surface area contributed by atoms with Gasteiger partial charge in [0.2, 0.25) is 10.0 Å². The minimum absolute atomic E-state index is 0.0822. The maximum atomic E-state index is 12.8. The summed E-state index contributed by atoms with van der Waals surface area (Å²) >= 11 is 0. The number of carbonyl (C=O) groups excluding carboxylic acids is 1. The Balaban J connectivity index is 1.77. The Morgan fingerprint density at radius 1 is 1.24 bits per heavy atom. The summed E-state index contributed by atoms with van der Waals surface area (Å²) in [4.78, 5) is 14.9. The van der Waals surface area contributed by atoms with Gasteiger partial charge in [0.1, 0.15) is 10.6 Å². The molecule has 3 rings (SSSR count). The number of nitrogens with one attached hydrogen (secondary N) is 1. The summed E-state index contributed by atoms with van der Waals surface area (Å²) in [6, 6.07) is 1.54. The number of sulfonamides is 1. The predicted octanol–water partition coefficient (Wildman–Crippen LogP) is 0.881. The third-order valence-electron chi connectivity index (χ3n) is 5.22. The summed E-state index contributed by atoms with van der Waals surface area (Å²) < 4.78 is 28.8. The second-order valence-electron chi connectivity index (χ2n) is 7.10. The maximum absolute atomic E-state index is 12.8. The van der Waals surface area contributed by atoms with Crippen LogP contribution in [0.1, 0.15) is 36.2 Å². The van der Waals surface area contributed by atoms with Crippen molar-refractivity contribution in [3.05, 3.63) is 18.0 Å². The SMILES string of the molecule is CNCC1CCN(C(=O)c2cc(S(=O)(=O)N3CCCCC3)cn2C)C1. The molecule has 0 bridgehead atoms. The molecule has 2 aliphatic rings. The monoisotopic (exact) mass is 368 g/mol. The van der Waals surface area contributed by atoms with Gasteiger partial charge < -0.3 is 14.8 Å². The van der Waals surface area contributed by atoms with Gasteiger partial charge in [-0.3, -0.25) is 4.79 Å². The summed E-state index contributed by atoms with van der Waals surface area (Å²) in [6.07, 6.45) is 5.43. The molecule has 0 aromatic carbocycles. The lowest BCUT2D eigenvalue weighted by Gasteiger charge is -2.25. The van der Waals surface area contributed by atoms with Crippen LogP contribution < -0.4 is 5.32 Å². The van der Waals surface area contributed by atoms with Gasteiger partial charge in [0.15, 0.2) is 0 Å². The fraction of sp³-hybridized carbons (Fsp3) is 0.706. The minimum Gasteiger partial charge on any atom is -0.345 e. The first-order valence-corrected chi connectivity index (χ1v) is 10.5. The van der Waals surface area contributed by atoms with E-state index in [9.17, 15) is 13.2 Å². The lowest BCUT2D eigenvalue weighted by atomic mass is 10.1. The molecule has 0 aliphatic carbocycles. The summed E-state index contributed by atoms with van der Waals surface area (Å²) in [5.74, 6) is 0.381. The third kappa shape index (κ3) is 3.75. The number of hydrogen-bond acceptors (Lipinski definition) is 4. The average molecular weight is 369 g/mol. The van der Waals surface area contributed by atoms with E-state index in [2.05, 4.69) is 5.32 Å². The van der Waals surface area contributed by atoms with Crippen LogP contribution >= 0.6 is 0 Å². The van der Waals surface area contributed by atoms with Gasteiger partial charge in [0.25, 0.3) is 5.91 Å². The van der Waals surface area contributed by atoms with E-state index in [0.717, 1.165) is 45.3 Å². The molecule has 1 aromatic heterocycles. The van der Waals surface area contributed by atoms with Crippen molar-refractivity contribution in [2.45, 2.75) is 30.6 Å². The second-order valence-corrected chi connectivity index (χ2v) is 9.04. The number of carbonyl (C=O) groups is 1. The van der Waals surface area contributed by atoms with Crippen molar-refractivity contribution >= 4 is 15.9 Å². The van der Waals surface area contributed by atoms with E-state index >= 15 is 0 Å². The van der Waals surface area contributed by atoms with E-state index in [1.54, 1.807) is 22.1 Å². The first kappa shape index (κ1) is 18.4. The lowest BCUT2D eigenvalue weighted by Crippen LogP contribution is -2.35. The Morgan fingerprint density at radius 2 is 1.96 bits per heavy atom. The van der Waals surface area contributed by atoms with Crippen molar-refractivity contribution in [1.29, 1.82) is 0 Å². The van der Waals surface area contributed by atoms with Crippen LogP contribution in [0.15, 0.2) is 17.2 Å². The van der Waals surface area contributed by atoms with E-state index in [-0.39, 0.29) is 10.8 Å². The molecule has 1 amide bonds. The third-order valence-corrected chi connectivity index (χ3v) is 7.08. The highest BCUT2D eigenvalue weighted by molar-refractivity contribution is 7.89. The zero-order valence-corrected chi connectivity index (χ0v) is 15.9. The average Bonchev–Trinajstić information content (AvgIpc) is 3.22. The molecule has 2 aliphatic heterocycles. The van der Waals surface area contributed by atoms with E-state index in [4.69, 9.17) is 0 Å². The van der Waals surface area contributed by atoms with Crippen LogP contribution in [0.4, 0.5) is 0 Å². The Morgan fingerprint density at radius 3 is 2.64 bits per heavy atom. The number of piperidine rings is 1. The fourth-order valence-electron chi connectivity index (χ4n) is 3.78. The molecule has 8 heteroatoms. The van der Waals surface area contributed by atoms with Crippen LogP contribution in [-0.2, 0) is 17.1 Å². The molecule has 1 aromatic rings. The second kappa shape index (κ2) is 7.47. The molecule has 2 fully saturated rings. The predicted molar refractivity (Wildman–Crippen MR) is 96.0 cm³/mol. The number of amides is 1. The number of rotatable bonds is 5. The van der Waals surface area contributed by atoms with E-state index in [0.29, 0.717) is 24.7 Å². The van der Waals surface area contributed by atoms with Crippen molar-refractivity contribution < 1.29 is 13.2 Å². The number of nitrogens with zero attached hydrogens (tertiary/aromatic N) is 3. The van der Waals surface area contributed by atoms with E-state index in [1.807, 2.05) is 11.9 Å². The topological polar surface area (TPSA) is 74.7 Å². The van der Waals surface area contributed by atoms with Crippen molar-refractivity contribution in [2.75, 3.05) is 39.8 Å². The largest absolute Gasteiger partial charge is 0.345 e. The van der Waals surface area contributed by atoms with Crippen molar-refractivity contribution in [2.24, 2.45) is 13.0 Å². The highest BCUT2D eigenvalue weighted by Gasteiger charge is 2.31.